The van der Waals surface area contributed by atoms with Crippen molar-refractivity contribution in [3.8, 4) is 0 Å². The Bertz CT molecular complexity index is 416. The third-order valence-corrected chi connectivity index (χ3v) is 2.97. The first-order valence-corrected chi connectivity index (χ1v) is 5.75. The number of piperidine rings is 1. The zero-order chi connectivity index (χ0) is 12.3. The molecule has 0 atom stereocenters. The fraction of sp³-hybridized carbons (Fsp3) is 0.545. The molecule has 0 spiro atoms. The SMILES string of the molecule is Cc1cc(NC2CCNCC2)ncc1[N+](=O)[O-]. The molecular weight excluding hydrogens is 220 g/mol. The van der Waals surface area contributed by atoms with Crippen LogP contribution in [0.25, 0.3) is 0 Å². The second kappa shape index (κ2) is 5.09. The molecule has 1 saturated heterocycles. The van der Waals surface area contributed by atoms with E-state index in [1.807, 2.05) is 0 Å². The Morgan fingerprint density at radius 3 is 2.82 bits per heavy atom. The lowest BCUT2D eigenvalue weighted by atomic mass is 10.1. The van der Waals surface area contributed by atoms with Gasteiger partial charge in [0, 0.05) is 11.6 Å². The molecule has 0 unspecified atom stereocenters. The van der Waals surface area contributed by atoms with Crippen LogP contribution < -0.4 is 10.6 Å². The van der Waals surface area contributed by atoms with E-state index in [-0.39, 0.29) is 5.69 Å². The first kappa shape index (κ1) is 11.8. The van der Waals surface area contributed by atoms with Gasteiger partial charge in [0.05, 0.1) is 4.92 Å². The molecule has 6 nitrogen and oxygen atoms in total. The first-order valence-electron chi connectivity index (χ1n) is 5.75. The molecule has 0 bridgehead atoms. The molecule has 1 aliphatic heterocycles. The second-order valence-corrected chi connectivity index (χ2v) is 4.28. The second-order valence-electron chi connectivity index (χ2n) is 4.28. The number of anilines is 1. The van der Waals surface area contributed by atoms with Crippen LogP contribution in [-0.4, -0.2) is 29.0 Å². The quantitative estimate of drug-likeness (QED) is 0.613. The van der Waals surface area contributed by atoms with Crippen LogP contribution in [0.15, 0.2) is 12.3 Å². The highest BCUT2D eigenvalue weighted by atomic mass is 16.6. The summed E-state index contributed by atoms with van der Waals surface area (Å²) < 4.78 is 0. The van der Waals surface area contributed by atoms with Crippen molar-refractivity contribution in [1.82, 2.24) is 10.3 Å². The van der Waals surface area contributed by atoms with Crippen molar-refractivity contribution < 1.29 is 4.92 Å². The molecule has 6 heteroatoms. The van der Waals surface area contributed by atoms with Crippen molar-refractivity contribution in [1.29, 1.82) is 0 Å². The molecule has 1 fully saturated rings. The molecule has 1 aliphatic rings. The molecule has 2 rings (SSSR count). The maximum atomic E-state index is 10.7. The minimum absolute atomic E-state index is 0.0702. The number of rotatable bonds is 3. The Hall–Kier alpha value is -1.69. The molecule has 0 aliphatic carbocycles. The molecular formula is C11H16N4O2. The number of nitrogens with zero attached hydrogens (tertiary/aromatic N) is 2. The largest absolute Gasteiger partial charge is 0.367 e. The summed E-state index contributed by atoms with van der Waals surface area (Å²) in [7, 11) is 0. The van der Waals surface area contributed by atoms with E-state index in [9.17, 15) is 10.1 Å². The molecule has 17 heavy (non-hydrogen) atoms. The Morgan fingerprint density at radius 1 is 1.53 bits per heavy atom. The Morgan fingerprint density at radius 2 is 2.24 bits per heavy atom. The summed E-state index contributed by atoms with van der Waals surface area (Å²) in [6.07, 6.45) is 3.42. The van der Waals surface area contributed by atoms with E-state index in [4.69, 9.17) is 0 Å². The zero-order valence-corrected chi connectivity index (χ0v) is 9.77. The van der Waals surface area contributed by atoms with Gasteiger partial charge in [0.15, 0.2) is 0 Å². The zero-order valence-electron chi connectivity index (χ0n) is 9.77. The molecule has 1 aromatic heterocycles. The van der Waals surface area contributed by atoms with Crippen molar-refractivity contribution in [2.45, 2.75) is 25.8 Å². The minimum atomic E-state index is -0.406. The van der Waals surface area contributed by atoms with Crippen LogP contribution in [-0.2, 0) is 0 Å². The van der Waals surface area contributed by atoms with Crippen molar-refractivity contribution in [3.05, 3.63) is 27.9 Å². The monoisotopic (exact) mass is 236 g/mol. The molecule has 0 aromatic carbocycles. The molecule has 1 aromatic rings. The number of aryl methyl sites for hydroxylation is 1. The fourth-order valence-electron chi connectivity index (χ4n) is 1.99. The maximum absolute atomic E-state index is 10.7. The van der Waals surface area contributed by atoms with Gasteiger partial charge < -0.3 is 10.6 Å². The van der Waals surface area contributed by atoms with Crippen LogP contribution in [0.1, 0.15) is 18.4 Å². The maximum Gasteiger partial charge on any atom is 0.290 e. The number of hydrogen-bond acceptors (Lipinski definition) is 5. The molecule has 0 radical (unpaired) electrons. The Kier molecular flexibility index (Phi) is 3.53. The van der Waals surface area contributed by atoms with Crippen LogP contribution in [0.4, 0.5) is 11.5 Å². The predicted molar refractivity (Wildman–Crippen MR) is 65.1 cm³/mol. The molecule has 0 saturated carbocycles. The lowest BCUT2D eigenvalue weighted by molar-refractivity contribution is -0.385. The highest BCUT2D eigenvalue weighted by Gasteiger charge is 2.15. The standard InChI is InChI=1S/C11H16N4O2/c1-8-6-11(13-7-10(8)15(16)17)14-9-2-4-12-5-3-9/h6-7,9,12H,2-5H2,1H3,(H,13,14). The van der Waals surface area contributed by atoms with E-state index in [2.05, 4.69) is 15.6 Å². The summed E-state index contributed by atoms with van der Waals surface area (Å²) in [5.41, 5.74) is 0.710. The first-order chi connectivity index (χ1) is 8.16. The highest BCUT2D eigenvalue weighted by molar-refractivity contribution is 5.47. The summed E-state index contributed by atoms with van der Waals surface area (Å²) in [6, 6.07) is 2.14. The smallest absolute Gasteiger partial charge is 0.290 e. The van der Waals surface area contributed by atoms with Gasteiger partial charge in [-0.3, -0.25) is 10.1 Å². The van der Waals surface area contributed by atoms with E-state index in [1.165, 1.54) is 6.20 Å². The summed E-state index contributed by atoms with van der Waals surface area (Å²) >= 11 is 0. The van der Waals surface area contributed by atoms with Gasteiger partial charge in [-0.2, -0.15) is 0 Å². The molecule has 2 heterocycles. The van der Waals surface area contributed by atoms with Gasteiger partial charge in [-0.1, -0.05) is 0 Å². The molecule has 92 valence electrons. The van der Waals surface area contributed by atoms with Gasteiger partial charge in [0.25, 0.3) is 5.69 Å². The Labute approximate surface area is 99.6 Å². The van der Waals surface area contributed by atoms with Crippen molar-refractivity contribution in [2.24, 2.45) is 0 Å². The highest BCUT2D eigenvalue weighted by Crippen LogP contribution is 2.20. The molecule has 0 amide bonds. The molecule has 2 N–H and O–H groups in total. The van der Waals surface area contributed by atoms with Crippen LogP contribution in [0.3, 0.4) is 0 Å². The van der Waals surface area contributed by atoms with Crippen LogP contribution in [0.2, 0.25) is 0 Å². The van der Waals surface area contributed by atoms with Gasteiger partial charge >= 0.3 is 0 Å². The van der Waals surface area contributed by atoms with Crippen molar-refractivity contribution >= 4 is 11.5 Å². The lowest BCUT2D eigenvalue weighted by Crippen LogP contribution is -2.35. The van der Waals surface area contributed by atoms with Crippen LogP contribution in [0, 0.1) is 17.0 Å². The number of nitro groups is 1. The van der Waals surface area contributed by atoms with Gasteiger partial charge in [-0.15, -0.1) is 0 Å². The number of nitrogens with one attached hydrogen (secondary N) is 2. The summed E-state index contributed by atoms with van der Waals surface area (Å²) in [5.74, 6) is 0.722. The van der Waals surface area contributed by atoms with E-state index in [1.54, 1.807) is 13.0 Å². The van der Waals surface area contributed by atoms with E-state index >= 15 is 0 Å². The fourth-order valence-corrected chi connectivity index (χ4v) is 1.99. The summed E-state index contributed by atoms with van der Waals surface area (Å²) in [4.78, 5) is 14.3. The summed E-state index contributed by atoms with van der Waals surface area (Å²) in [6.45, 7) is 3.74. The normalized spacial score (nSPS) is 16.8. The summed E-state index contributed by atoms with van der Waals surface area (Å²) in [5, 5.41) is 17.3. The van der Waals surface area contributed by atoms with E-state index in [0.717, 1.165) is 31.7 Å². The predicted octanol–water partition coefficient (Wildman–Crippen LogP) is 1.46. The van der Waals surface area contributed by atoms with Crippen LogP contribution >= 0.6 is 0 Å². The van der Waals surface area contributed by atoms with Gasteiger partial charge in [0.1, 0.15) is 12.0 Å². The van der Waals surface area contributed by atoms with Crippen molar-refractivity contribution in [2.75, 3.05) is 18.4 Å². The average molecular weight is 236 g/mol. The van der Waals surface area contributed by atoms with Gasteiger partial charge in [0.2, 0.25) is 0 Å². The number of aromatic nitrogens is 1. The number of pyridine rings is 1. The Balaban J connectivity index is 2.06. The van der Waals surface area contributed by atoms with Gasteiger partial charge in [-0.25, -0.2) is 4.98 Å². The van der Waals surface area contributed by atoms with E-state index < -0.39 is 4.92 Å². The topological polar surface area (TPSA) is 80.1 Å². The third-order valence-electron chi connectivity index (χ3n) is 2.97. The third kappa shape index (κ3) is 2.91. The van der Waals surface area contributed by atoms with Crippen LogP contribution in [0.5, 0.6) is 0 Å². The van der Waals surface area contributed by atoms with Crippen molar-refractivity contribution in [3.63, 3.8) is 0 Å². The minimum Gasteiger partial charge on any atom is -0.367 e. The number of hydrogen-bond donors (Lipinski definition) is 2. The average Bonchev–Trinajstić information content (AvgIpc) is 2.30. The van der Waals surface area contributed by atoms with E-state index in [0.29, 0.717) is 11.6 Å². The lowest BCUT2D eigenvalue weighted by Gasteiger charge is -2.24. The van der Waals surface area contributed by atoms with Gasteiger partial charge in [-0.05, 0) is 38.9 Å².